The van der Waals surface area contributed by atoms with E-state index in [9.17, 15) is 0 Å². The fourth-order valence-corrected chi connectivity index (χ4v) is 3.83. The number of rotatable bonds is 3. The molecule has 0 unspecified atom stereocenters. The number of hydrogen-bond donors (Lipinski definition) is 0. The smallest absolute Gasteiger partial charge is 0.301 e. The summed E-state index contributed by atoms with van der Waals surface area (Å²) >= 11 is 2.70. The molecule has 0 amide bonds. The van der Waals surface area contributed by atoms with Crippen LogP contribution in [0.4, 0.5) is 0 Å². The van der Waals surface area contributed by atoms with Crippen LogP contribution in [0.25, 0.3) is 0 Å². The van der Waals surface area contributed by atoms with E-state index in [-0.39, 0.29) is 16.5 Å². The van der Waals surface area contributed by atoms with Crippen molar-refractivity contribution < 1.29 is 0 Å². The van der Waals surface area contributed by atoms with Crippen LogP contribution in [0.3, 0.4) is 0 Å². The summed E-state index contributed by atoms with van der Waals surface area (Å²) in [7, 11) is 0. The maximum absolute atomic E-state index is 2.57. The van der Waals surface area contributed by atoms with Gasteiger partial charge in [0.1, 0.15) is 0 Å². The summed E-state index contributed by atoms with van der Waals surface area (Å²) in [6.07, 6.45) is 0. The van der Waals surface area contributed by atoms with Crippen LogP contribution in [0.2, 0.25) is 0 Å². The number of benzene rings is 1. The summed E-state index contributed by atoms with van der Waals surface area (Å²) in [5.41, 5.74) is 3.12. The molecule has 0 aromatic heterocycles. The predicted octanol–water partition coefficient (Wildman–Crippen LogP) is 3.36. The van der Waals surface area contributed by atoms with Gasteiger partial charge in [-0.05, 0) is 11.5 Å². The van der Waals surface area contributed by atoms with Crippen molar-refractivity contribution in [3.8, 4) is 0 Å². The van der Waals surface area contributed by atoms with Gasteiger partial charge in [0.05, 0.1) is 0 Å². The topological polar surface area (TPSA) is 0 Å². The van der Waals surface area contributed by atoms with E-state index in [0.717, 1.165) is 0 Å². The Kier molecular flexibility index (Phi) is 4.90. The normalized spacial score (nSPS) is 10.0. The largest absolute Gasteiger partial charge is 0.468 e. The zero-order valence-electron chi connectivity index (χ0n) is 7.68. The minimum absolute atomic E-state index is 0.132. The van der Waals surface area contributed by atoms with E-state index in [4.69, 9.17) is 0 Å². The SMILES string of the molecule is CC(C)c1ccccc1[CH2][Mg][I]. The van der Waals surface area contributed by atoms with Crippen molar-refractivity contribution >= 4 is 35.3 Å². The Morgan fingerprint density at radius 2 is 2.00 bits per heavy atom. The summed E-state index contributed by atoms with van der Waals surface area (Å²) in [5, 5.41) is 0. The van der Waals surface area contributed by atoms with Crippen molar-refractivity contribution in [1.29, 1.82) is 0 Å². The third kappa shape index (κ3) is 2.89. The van der Waals surface area contributed by atoms with Gasteiger partial charge in [-0.3, -0.25) is 0 Å². The molecule has 0 radical (unpaired) electrons. The summed E-state index contributed by atoms with van der Waals surface area (Å²) in [6.45, 7) is 4.54. The third-order valence-corrected chi connectivity index (χ3v) is 4.39. The van der Waals surface area contributed by atoms with Crippen LogP contribution in [0.15, 0.2) is 24.3 Å². The van der Waals surface area contributed by atoms with Crippen LogP contribution < -0.4 is 0 Å². The van der Waals surface area contributed by atoms with Crippen LogP contribution in [-0.4, -0.2) is 16.5 Å². The molecule has 0 aliphatic rings. The average Bonchev–Trinajstić information content (AvgIpc) is 2.05. The molecule has 0 fully saturated rings. The first-order chi connectivity index (χ1) is 5.75. The molecule has 2 heteroatoms. The highest BCUT2D eigenvalue weighted by Gasteiger charge is 2.04. The number of halogens is 1. The zero-order valence-corrected chi connectivity index (χ0v) is 11.3. The van der Waals surface area contributed by atoms with Crippen LogP contribution >= 0.6 is 18.9 Å². The number of hydrogen-bond acceptors (Lipinski definition) is 0. The maximum Gasteiger partial charge on any atom is 0.468 e. The molecule has 1 rings (SSSR count). The Morgan fingerprint density at radius 3 is 2.58 bits per heavy atom. The third-order valence-electron chi connectivity index (χ3n) is 2.04. The van der Waals surface area contributed by atoms with Gasteiger partial charge in [0.25, 0.3) is 0 Å². The second-order valence-electron chi connectivity index (χ2n) is 3.29. The average molecular weight is 284 g/mol. The Labute approximate surface area is 94.2 Å². The van der Waals surface area contributed by atoms with Gasteiger partial charge in [-0.15, -0.1) is 4.55 Å². The van der Waals surface area contributed by atoms with E-state index in [1.807, 2.05) is 0 Å². The highest BCUT2D eigenvalue weighted by Crippen LogP contribution is 2.19. The fraction of sp³-hybridized carbons (Fsp3) is 0.400. The van der Waals surface area contributed by atoms with E-state index in [1.54, 1.807) is 11.1 Å². The Balaban J connectivity index is 2.92. The lowest BCUT2D eigenvalue weighted by Crippen LogP contribution is -1.97. The van der Waals surface area contributed by atoms with Gasteiger partial charge in [0.15, 0.2) is 0 Å². The molecule has 0 aliphatic heterocycles. The van der Waals surface area contributed by atoms with Gasteiger partial charge in [-0.25, -0.2) is 0 Å². The Bertz CT molecular complexity index is 245. The molecular formula is C10H13IMg. The van der Waals surface area contributed by atoms with E-state index in [1.165, 1.54) is 4.55 Å². The fourth-order valence-electron chi connectivity index (χ4n) is 1.43. The van der Waals surface area contributed by atoms with Crippen molar-refractivity contribution in [1.82, 2.24) is 0 Å². The maximum atomic E-state index is 2.57. The molecule has 0 aliphatic carbocycles. The zero-order chi connectivity index (χ0) is 8.97. The molecule has 12 heavy (non-hydrogen) atoms. The molecule has 1 aromatic rings. The minimum Gasteiger partial charge on any atom is -0.301 e. The van der Waals surface area contributed by atoms with Crippen LogP contribution in [-0.2, 0) is 4.55 Å². The lowest BCUT2D eigenvalue weighted by atomic mass is 9.98. The van der Waals surface area contributed by atoms with Gasteiger partial charge in [-0.1, -0.05) is 43.7 Å². The monoisotopic (exact) mass is 284 g/mol. The van der Waals surface area contributed by atoms with Crippen molar-refractivity contribution in [3.05, 3.63) is 35.4 Å². The highest BCUT2D eigenvalue weighted by molar-refractivity contribution is 14.1. The standard InChI is InChI=1S/C10H13.HI.Mg/c1-8(2)10-7-5-4-6-9(10)3;;/h4-8H,3H2,1-2H3;1H;/q;;+1/p-1. The second-order valence-corrected chi connectivity index (χ2v) is 7.41. The first-order valence-corrected chi connectivity index (χ1v) is 10.5. The predicted molar refractivity (Wildman–Crippen MR) is 64.0 cm³/mol. The Morgan fingerprint density at radius 1 is 1.33 bits per heavy atom. The molecule has 0 heterocycles. The van der Waals surface area contributed by atoms with Crippen LogP contribution in [0, 0.1) is 0 Å². The molecule has 1 aromatic carbocycles. The van der Waals surface area contributed by atoms with Gasteiger partial charge in [-0.2, -0.15) is 0 Å². The van der Waals surface area contributed by atoms with Gasteiger partial charge < -0.3 is 18.9 Å². The van der Waals surface area contributed by atoms with Gasteiger partial charge in [0.2, 0.25) is 0 Å². The molecular weight excluding hydrogens is 271 g/mol. The molecule has 62 valence electrons. The van der Waals surface area contributed by atoms with Crippen LogP contribution in [0.5, 0.6) is 0 Å². The van der Waals surface area contributed by atoms with Crippen molar-refractivity contribution in [2.45, 2.75) is 24.3 Å². The van der Waals surface area contributed by atoms with Gasteiger partial charge in [0, 0.05) is 0 Å². The van der Waals surface area contributed by atoms with E-state index in [2.05, 4.69) is 57.0 Å². The summed E-state index contributed by atoms with van der Waals surface area (Å²) < 4.78 is 1.34. The quantitative estimate of drug-likeness (QED) is 0.590. The minimum atomic E-state index is 0.132. The summed E-state index contributed by atoms with van der Waals surface area (Å²) in [6, 6.07) is 8.84. The molecule has 0 bridgehead atoms. The van der Waals surface area contributed by atoms with E-state index >= 15 is 0 Å². The van der Waals surface area contributed by atoms with Crippen molar-refractivity contribution in [3.63, 3.8) is 0 Å². The first kappa shape index (κ1) is 10.8. The van der Waals surface area contributed by atoms with Crippen LogP contribution in [0.1, 0.15) is 30.9 Å². The molecule has 0 nitrogen and oxygen atoms in total. The van der Waals surface area contributed by atoms with E-state index in [0.29, 0.717) is 5.92 Å². The second kappa shape index (κ2) is 5.45. The van der Waals surface area contributed by atoms with Crippen molar-refractivity contribution in [2.24, 2.45) is 0 Å². The molecule has 0 N–H and O–H groups in total. The molecule has 0 atom stereocenters. The summed E-state index contributed by atoms with van der Waals surface area (Å²) in [5.74, 6) is 0.679. The lowest BCUT2D eigenvalue weighted by Gasteiger charge is -2.10. The molecule has 0 saturated carbocycles. The van der Waals surface area contributed by atoms with Gasteiger partial charge >= 0.3 is 16.5 Å². The lowest BCUT2D eigenvalue weighted by molar-refractivity contribution is 0.854. The molecule has 0 saturated heterocycles. The Hall–Kier alpha value is 0.716. The first-order valence-electron chi connectivity index (χ1n) is 4.39. The van der Waals surface area contributed by atoms with Crippen molar-refractivity contribution in [2.75, 3.05) is 0 Å². The summed E-state index contributed by atoms with van der Waals surface area (Å²) in [4.78, 5) is 0. The molecule has 0 spiro atoms. The highest BCUT2D eigenvalue weighted by atomic mass is 127. The van der Waals surface area contributed by atoms with E-state index < -0.39 is 0 Å².